The van der Waals surface area contributed by atoms with E-state index < -0.39 is 14.9 Å². The van der Waals surface area contributed by atoms with Gasteiger partial charge in [0.25, 0.3) is 5.69 Å². The maximum absolute atomic E-state index is 12.8. The molecule has 26 heavy (non-hydrogen) atoms. The number of hydrogen-bond donors (Lipinski definition) is 0. The van der Waals surface area contributed by atoms with Crippen LogP contribution in [0.5, 0.6) is 0 Å². The van der Waals surface area contributed by atoms with E-state index in [1.165, 1.54) is 28.6 Å². The zero-order valence-corrected chi connectivity index (χ0v) is 17.2. The van der Waals surface area contributed by atoms with Crippen LogP contribution >= 0.6 is 15.9 Å². The van der Waals surface area contributed by atoms with Crippen LogP contribution in [0, 0.1) is 10.1 Å². The fourth-order valence-corrected chi connectivity index (χ4v) is 4.94. The van der Waals surface area contributed by atoms with Crippen molar-refractivity contribution in [3.63, 3.8) is 0 Å². The number of alkyl halides is 1. The highest BCUT2D eigenvalue weighted by Crippen LogP contribution is 2.28. The number of nitro groups is 1. The largest absolute Gasteiger partial charge is 0.378 e. The van der Waals surface area contributed by atoms with Crippen LogP contribution < -0.4 is 0 Å². The molecule has 7 nitrogen and oxygen atoms in total. The molecule has 0 spiro atoms. The van der Waals surface area contributed by atoms with E-state index in [0.29, 0.717) is 0 Å². The molecule has 0 atom stereocenters. The summed E-state index contributed by atoms with van der Waals surface area (Å²) in [6.45, 7) is 0.748. The number of ether oxygens (including phenoxy) is 1. The maximum atomic E-state index is 12.8. The first kappa shape index (κ1) is 21.3. The number of unbranched alkanes of at least 4 members (excludes halogenated alkanes) is 1. The summed E-state index contributed by atoms with van der Waals surface area (Å²) >= 11 is 3.40. The van der Waals surface area contributed by atoms with E-state index >= 15 is 0 Å². The predicted molar refractivity (Wildman–Crippen MR) is 103 cm³/mol. The third kappa shape index (κ3) is 5.48. The Morgan fingerprint density at radius 1 is 1.19 bits per heavy atom. The fraction of sp³-hybridized carbons (Fsp3) is 0.647. The molecule has 1 aliphatic carbocycles. The minimum atomic E-state index is -3.66. The second kappa shape index (κ2) is 9.77. The highest BCUT2D eigenvalue weighted by Gasteiger charge is 2.32. The Kier molecular flexibility index (Phi) is 8.00. The SMILES string of the molecule is CN([C@H]1CC[C@H](OCCCCBr)CC1)S(=O)(=O)c1ccc([N+](=O)[O-])cc1. The number of hydrogen-bond acceptors (Lipinski definition) is 5. The first-order valence-corrected chi connectivity index (χ1v) is 11.3. The second-order valence-electron chi connectivity index (χ2n) is 6.47. The molecule has 1 aliphatic rings. The summed E-state index contributed by atoms with van der Waals surface area (Å²) in [5.74, 6) is 0. The number of benzene rings is 1. The van der Waals surface area contributed by atoms with E-state index in [4.69, 9.17) is 4.74 Å². The Hall–Kier alpha value is -1.03. The second-order valence-corrected chi connectivity index (χ2v) is 9.26. The average molecular weight is 449 g/mol. The molecule has 0 heterocycles. The highest BCUT2D eigenvalue weighted by molar-refractivity contribution is 9.09. The molecular formula is C17H25BrN2O5S. The molecule has 9 heteroatoms. The molecule has 1 saturated carbocycles. The lowest BCUT2D eigenvalue weighted by atomic mass is 9.93. The molecule has 1 aromatic carbocycles. The molecule has 0 saturated heterocycles. The average Bonchev–Trinajstić information content (AvgIpc) is 2.65. The van der Waals surface area contributed by atoms with Crippen LogP contribution in [0.2, 0.25) is 0 Å². The Morgan fingerprint density at radius 2 is 1.81 bits per heavy atom. The zero-order valence-electron chi connectivity index (χ0n) is 14.8. The van der Waals surface area contributed by atoms with E-state index in [1.54, 1.807) is 7.05 Å². The van der Waals surface area contributed by atoms with Gasteiger partial charge in [0.1, 0.15) is 0 Å². The molecule has 1 fully saturated rings. The van der Waals surface area contributed by atoms with Crippen molar-refractivity contribution >= 4 is 31.6 Å². The minimum absolute atomic E-state index is 0.0717. The molecule has 0 bridgehead atoms. The van der Waals surface area contributed by atoms with Crippen molar-refractivity contribution in [3.05, 3.63) is 34.4 Å². The van der Waals surface area contributed by atoms with Gasteiger partial charge in [-0.05, 0) is 50.7 Å². The predicted octanol–water partition coefficient (Wildman–Crippen LogP) is 3.72. The third-order valence-electron chi connectivity index (χ3n) is 4.76. The van der Waals surface area contributed by atoms with Gasteiger partial charge in [-0.15, -0.1) is 0 Å². The molecular weight excluding hydrogens is 424 g/mol. The van der Waals surface area contributed by atoms with Crippen LogP contribution in [0.4, 0.5) is 5.69 Å². The van der Waals surface area contributed by atoms with Crippen LogP contribution in [0.3, 0.4) is 0 Å². The lowest BCUT2D eigenvalue weighted by Crippen LogP contribution is -2.40. The monoisotopic (exact) mass is 448 g/mol. The maximum Gasteiger partial charge on any atom is 0.269 e. The number of non-ortho nitro benzene ring substituents is 1. The van der Waals surface area contributed by atoms with E-state index in [2.05, 4.69) is 15.9 Å². The van der Waals surface area contributed by atoms with Gasteiger partial charge in [-0.2, -0.15) is 4.31 Å². The minimum Gasteiger partial charge on any atom is -0.378 e. The summed E-state index contributed by atoms with van der Waals surface area (Å²) < 4.78 is 32.8. The number of rotatable bonds is 9. The standard InChI is InChI=1S/C17H25BrN2O5S/c1-19(14-4-8-16(9-5-14)25-13-3-2-12-18)26(23,24)17-10-6-15(7-11-17)20(21)22/h6-7,10-11,14,16H,2-5,8-9,12-13H2,1H3/t14-,16-. The van der Waals surface area contributed by atoms with Crippen LogP contribution in [0.15, 0.2) is 29.2 Å². The van der Waals surface area contributed by atoms with Gasteiger partial charge in [-0.3, -0.25) is 10.1 Å². The van der Waals surface area contributed by atoms with Gasteiger partial charge < -0.3 is 4.74 Å². The lowest BCUT2D eigenvalue weighted by Gasteiger charge is -2.34. The molecule has 0 aromatic heterocycles. The smallest absolute Gasteiger partial charge is 0.269 e. The van der Waals surface area contributed by atoms with Gasteiger partial charge in [0.2, 0.25) is 10.0 Å². The third-order valence-corrected chi connectivity index (χ3v) is 7.25. The van der Waals surface area contributed by atoms with Crippen LogP contribution in [0.1, 0.15) is 38.5 Å². The number of nitrogens with zero attached hydrogens (tertiary/aromatic N) is 2. The van der Waals surface area contributed by atoms with Crippen molar-refractivity contribution in [3.8, 4) is 0 Å². The molecule has 0 N–H and O–H groups in total. The molecule has 0 unspecified atom stereocenters. The molecule has 146 valence electrons. The van der Waals surface area contributed by atoms with E-state index in [0.717, 1.165) is 50.5 Å². The van der Waals surface area contributed by atoms with E-state index in [9.17, 15) is 18.5 Å². The van der Waals surface area contributed by atoms with Crippen LogP contribution in [0.25, 0.3) is 0 Å². The van der Waals surface area contributed by atoms with E-state index in [1.807, 2.05) is 0 Å². The summed E-state index contributed by atoms with van der Waals surface area (Å²) in [6.07, 6.45) is 5.53. The van der Waals surface area contributed by atoms with Crippen molar-refractivity contribution < 1.29 is 18.1 Å². The molecule has 0 amide bonds. The Bertz CT molecular complexity index is 688. The topological polar surface area (TPSA) is 89.8 Å². The molecule has 0 aliphatic heterocycles. The first-order chi connectivity index (χ1) is 12.4. The Labute approximate surface area is 163 Å². The summed E-state index contributed by atoms with van der Waals surface area (Å²) in [7, 11) is -2.08. The molecule has 2 rings (SSSR count). The van der Waals surface area contributed by atoms with E-state index in [-0.39, 0.29) is 22.7 Å². The highest BCUT2D eigenvalue weighted by atomic mass is 79.9. The van der Waals surface area contributed by atoms with Crippen LogP contribution in [-0.2, 0) is 14.8 Å². The molecule has 0 radical (unpaired) electrons. The Balaban J connectivity index is 1.92. The van der Waals surface area contributed by atoms with Crippen molar-refractivity contribution in [1.29, 1.82) is 0 Å². The zero-order chi connectivity index (χ0) is 19.2. The summed E-state index contributed by atoms with van der Waals surface area (Å²) in [6, 6.07) is 4.96. The number of sulfonamides is 1. The summed E-state index contributed by atoms with van der Waals surface area (Å²) in [5, 5.41) is 11.7. The van der Waals surface area contributed by atoms with Crippen molar-refractivity contribution in [1.82, 2.24) is 4.31 Å². The quantitative estimate of drug-likeness (QED) is 0.248. The van der Waals surface area contributed by atoms with Gasteiger partial charge in [-0.25, -0.2) is 8.42 Å². The van der Waals surface area contributed by atoms with Gasteiger partial charge in [-0.1, -0.05) is 15.9 Å². The van der Waals surface area contributed by atoms with Gasteiger partial charge in [0.05, 0.1) is 15.9 Å². The number of nitro benzene ring substituents is 1. The van der Waals surface area contributed by atoms with Gasteiger partial charge in [0, 0.05) is 37.2 Å². The number of halogens is 1. The van der Waals surface area contributed by atoms with Gasteiger partial charge >= 0.3 is 0 Å². The van der Waals surface area contributed by atoms with Gasteiger partial charge in [0.15, 0.2) is 0 Å². The molecule has 1 aromatic rings. The summed E-state index contributed by atoms with van der Waals surface area (Å²) in [4.78, 5) is 10.3. The first-order valence-electron chi connectivity index (χ1n) is 8.76. The normalized spacial score (nSPS) is 21.0. The van der Waals surface area contributed by atoms with Crippen molar-refractivity contribution in [2.24, 2.45) is 0 Å². The van der Waals surface area contributed by atoms with Crippen LogP contribution in [-0.4, -0.2) is 48.8 Å². The Morgan fingerprint density at radius 3 is 2.35 bits per heavy atom. The van der Waals surface area contributed by atoms with Crippen molar-refractivity contribution in [2.45, 2.75) is 55.6 Å². The van der Waals surface area contributed by atoms with Crippen molar-refractivity contribution in [2.75, 3.05) is 19.0 Å². The lowest BCUT2D eigenvalue weighted by molar-refractivity contribution is -0.384. The summed E-state index contributed by atoms with van der Waals surface area (Å²) in [5.41, 5.74) is -0.121. The fourth-order valence-electron chi connectivity index (χ4n) is 3.12.